The van der Waals surface area contributed by atoms with E-state index in [2.05, 4.69) is 9.97 Å². The van der Waals surface area contributed by atoms with E-state index in [1.807, 2.05) is 19.9 Å². The zero-order valence-corrected chi connectivity index (χ0v) is 12.0. The molecule has 0 N–H and O–H groups in total. The Bertz CT molecular complexity index is 610. The average molecular weight is 294 g/mol. The number of alkyl halides is 3. The van der Waals surface area contributed by atoms with Crippen LogP contribution in [0.2, 0.25) is 0 Å². The molecule has 1 aromatic rings. The minimum atomic E-state index is -4.32. The van der Waals surface area contributed by atoms with Gasteiger partial charge in [-0.15, -0.1) is 0 Å². The Kier molecular flexibility index (Phi) is 4.60. The van der Waals surface area contributed by atoms with Crippen LogP contribution in [-0.4, -0.2) is 16.1 Å². The van der Waals surface area contributed by atoms with Gasteiger partial charge in [-0.2, -0.15) is 13.2 Å². The van der Waals surface area contributed by atoms with Crippen molar-refractivity contribution in [3.05, 3.63) is 41.0 Å². The normalized spacial score (nSPS) is 20.0. The molecule has 0 unspecified atom stereocenters. The third-order valence-corrected chi connectivity index (χ3v) is 3.42. The summed E-state index contributed by atoms with van der Waals surface area (Å²) in [4.78, 5) is 8.57. The second kappa shape index (κ2) is 6.24. The van der Waals surface area contributed by atoms with E-state index in [9.17, 15) is 13.2 Å². The molecule has 0 radical (unpaired) electrons. The lowest BCUT2D eigenvalue weighted by Crippen LogP contribution is -2.13. The van der Waals surface area contributed by atoms with E-state index >= 15 is 0 Å². The van der Waals surface area contributed by atoms with E-state index < -0.39 is 11.7 Å². The first kappa shape index (κ1) is 15.5. The van der Waals surface area contributed by atoms with E-state index in [1.54, 1.807) is 18.3 Å². The maximum atomic E-state index is 13.0. The Hall–Kier alpha value is -1.91. The number of halogens is 3. The summed E-state index contributed by atoms with van der Waals surface area (Å²) in [5.74, 6) is 0.491. The smallest absolute Gasteiger partial charge is 0.236 e. The van der Waals surface area contributed by atoms with Gasteiger partial charge in [-0.05, 0) is 37.8 Å². The van der Waals surface area contributed by atoms with Crippen molar-refractivity contribution in [1.82, 2.24) is 9.97 Å². The van der Waals surface area contributed by atoms with Gasteiger partial charge in [-0.1, -0.05) is 25.2 Å². The average Bonchev–Trinajstić information content (AvgIpc) is 2.40. The van der Waals surface area contributed by atoms with Gasteiger partial charge in [0.05, 0.1) is 5.69 Å². The molecule has 21 heavy (non-hydrogen) atoms. The van der Waals surface area contributed by atoms with Gasteiger partial charge in [-0.3, -0.25) is 0 Å². The fraction of sp³-hybridized carbons (Fsp3) is 0.375. The molecule has 0 saturated heterocycles. The standard InChI is InChI=1S/C16H17F3N2/c1-3-11(4-2)15-20-10-12-7-5-6-8-13(16(17,18)19)9-14(12)21-15/h3,5,7,9-10H,4,6,8H2,1-2H3/b7-5-,11-3+,13-9+. The van der Waals surface area contributed by atoms with Crippen molar-refractivity contribution >= 4 is 17.7 Å². The highest BCUT2D eigenvalue weighted by molar-refractivity contribution is 5.67. The van der Waals surface area contributed by atoms with Crippen LogP contribution in [-0.2, 0) is 0 Å². The van der Waals surface area contributed by atoms with Crippen molar-refractivity contribution in [2.24, 2.45) is 0 Å². The predicted molar refractivity (Wildman–Crippen MR) is 78.3 cm³/mol. The first-order valence-electron chi connectivity index (χ1n) is 6.92. The number of aromatic nitrogens is 2. The van der Waals surface area contributed by atoms with Gasteiger partial charge in [0, 0.05) is 17.3 Å². The van der Waals surface area contributed by atoms with Crippen LogP contribution < -0.4 is 0 Å². The van der Waals surface area contributed by atoms with Gasteiger partial charge in [0.15, 0.2) is 5.82 Å². The maximum Gasteiger partial charge on any atom is 0.412 e. The summed E-state index contributed by atoms with van der Waals surface area (Å²) in [6.07, 6.45) is 4.89. The molecule has 0 atom stereocenters. The summed E-state index contributed by atoms with van der Waals surface area (Å²) >= 11 is 0. The molecule has 0 bridgehead atoms. The largest absolute Gasteiger partial charge is 0.412 e. The number of rotatable bonds is 2. The molecule has 0 amide bonds. The number of nitrogens with zero attached hydrogens (tertiary/aromatic N) is 2. The van der Waals surface area contributed by atoms with Crippen LogP contribution in [0.1, 0.15) is 50.2 Å². The van der Waals surface area contributed by atoms with Gasteiger partial charge in [0.25, 0.3) is 0 Å². The van der Waals surface area contributed by atoms with E-state index in [1.165, 1.54) is 0 Å². The summed E-state index contributed by atoms with van der Waals surface area (Å²) in [7, 11) is 0. The summed E-state index contributed by atoms with van der Waals surface area (Å²) in [5, 5.41) is 0. The van der Waals surface area contributed by atoms with E-state index in [0.717, 1.165) is 18.1 Å². The van der Waals surface area contributed by atoms with Crippen molar-refractivity contribution in [3.63, 3.8) is 0 Å². The van der Waals surface area contributed by atoms with Crippen LogP contribution in [0.3, 0.4) is 0 Å². The molecule has 0 aliphatic heterocycles. The van der Waals surface area contributed by atoms with Gasteiger partial charge in [0.1, 0.15) is 0 Å². The summed E-state index contributed by atoms with van der Waals surface area (Å²) in [6, 6.07) is 0. The van der Waals surface area contributed by atoms with E-state index in [-0.39, 0.29) is 6.42 Å². The molecule has 2 rings (SSSR count). The monoisotopic (exact) mass is 294 g/mol. The van der Waals surface area contributed by atoms with E-state index in [4.69, 9.17) is 0 Å². The molecule has 2 nitrogen and oxygen atoms in total. The number of allylic oxidation sites excluding steroid dienone is 4. The first-order chi connectivity index (χ1) is 9.95. The molecule has 5 heteroatoms. The minimum Gasteiger partial charge on any atom is -0.236 e. The summed E-state index contributed by atoms with van der Waals surface area (Å²) in [6.45, 7) is 3.84. The highest BCUT2D eigenvalue weighted by atomic mass is 19.4. The summed E-state index contributed by atoms with van der Waals surface area (Å²) < 4.78 is 39.0. The Balaban J connectivity index is 2.54. The molecular weight excluding hydrogens is 277 g/mol. The van der Waals surface area contributed by atoms with Crippen LogP contribution >= 0.6 is 0 Å². The van der Waals surface area contributed by atoms with Gasteiger partial charge in [0.2, 0.25) is 0 Å². The molecule has 1 heterocycles. The van der Waals surface area contributed by atoms with Crippen LogP contribution in [0, 0.1) is 0 Å². The third kappa shape index (κ3) is 3.60. The fourth-order valence-electron chi connectivity index (χ4n) is 2.20. The SMILES string of the molecule is C/C=C(\CC)c1ncc2c(n1)/C=C(/C(F)(F)F)CC/C=C\2. The number of hydrogen-bond donors (Lipinski definition) is 0. The van der Waals surface area contributed by atoms with Gasteiger partial charge in [-0.25, -0.2) is 9.97 Å². The van der Waals surface area contributed by atoms with Crippen LogP contribution in [0.15, 0.2) is 23.9 Å². The van der Waals surface area contributed by atoms with Crippen molar-refractivity contribution in [2.45, 2.75) is 39.3 Å². The Morgan fingerprint density at radius 2 is 2.14 bits per heavy atom. The Morgan fingerprint density at radius 1 is 1.38 bits per heavy atom. The molecule has 112 valence electrons. The van der Waals surface area contributed by atoms with Crippen LogP contribution in [0.25, 0.3) is 17.7 Å². The van der Waals surface area contributed by atoms with Crippen molar-refractivity contribution in [1.29, 1.82) is 0 Å². The number of hydrogen-bond acceptors (Lipinski definition) is 2. The van der Waals surface area contributed by atoms with Crippen LogP contribution in [0.5, 0.6) is 0 Å². The third-order valence-electron chi connectivity index (χ3n) is 3.42. The lowest BCUT2D eigenvalue weighted by Gasteiger charge is -2.14. The maximum absolute atomic E-state index is 13.0. The summed E-state index contributed by atoms with van der Waals surface area (Å²) in [5.41, 5.74) is 1.32. The zero-order valence-electron chi connectivity index (χ0n) is 12.0. The van der Waals surface area contributed by atoms with Gasteiger partial charge < -0.3 is 0 Å². The lowest BCUT2D eigenvalue weighted by atomic mass is 10.0. The zero-order chi connectivity index (χ0) is 15.5. The second-order valence-corrected chi connectivity index (χ2v) is 4.81. The Labute approximate surface area is 122 Å². The second-order valence-electron chi connectivity index (χ2n) is 4.81. The highest BCUT2D eigenvalue weighted by Crippen LogP contribution is 2.32. The van der Waals surface area contributed by atoms with Crippen molar-refractivity contribution in [2.75, 3.05) is 0 Å². The molecule has 0 saturated carbocycles. The fourth-order valence-corrected chi connectivity index (χ4v) is 2.20. The Morgan fingerprint density at radius 3 is 2.76 bits per heavy atom. The van der Waals surface area contributed by atoms with Gasteiger partial charge >= 0.3 is 6.18 Å². The van der Waals surface area contributed by atoms with Crippen molar-refractivity contribution < 1.29 is 13.2 Å². The lowest BCUT2D eigenvalue weighted by molar-refractivity contribution is -0.0929. The van der Waals surface area contributed by atoms with E-state index in [0.29, 0.717) is 23.5 Å². The molecular formula is C16H17F3N2. The highest BCUT2D eigenvalue weighted by Gasteiger charge is 2.33. The predicted octanol–water partition coefficient (Wildman–Crippen LogP) is 5.04. The molecule has 0 fully saturated rings. The number of fused-ring (bicyclic) bond motifs is 1. The quantitative estimate of drug-likeness (QED) is 0.763. The van der Waals surface area contributed by atoms with Crippen LogP contribution in [0.4, 0.5) is 13.2 Å². The molecule has 1 aliphatic carbocycles. The molecule has 0 spiro atoms. The molecule has 1 aliphatic rings. The minimum absolute atomic E-state index is 0.0248. The van der Waals surface area contributed by atoms with Crippen molar-refractivity contribution in [3.8, 4) is 0 Å². The molecule has 0 aromatic carbocycles. The topological polar surface area (TPSA) is 25.8 Å². The first-order valence-corrected chi connectivity index (χ1v) is 6.92. The molecule has 1 aromatic heterocycles.